The molecule has 0 bridgehead atoms. The molecule has 0 saturated heterocycles. The van der Waals surface area contributed by atoms with E-state index in [0.29, 0.717) is 5.92 Å². The van der Waals surface area contributed by atoms with Crippen LogP contribution in [0.3, 0.4) is 0 Å². The van der Waals surface area contributed by atoms with Gasteiger partial charge in [-0.2, -0.15) is 0 Å². The van der Waals surface area contributed by atoms with E-state index in [2.05, 4.69) is 95.8 Å². The summed E-state index contributed by atoms with van der Waals surface area (Å²) < 4.78 is 5.45. The van der Waals surface area contributed by atoms with Crippen molar-refractivity contribution < 1.29 is 4.74 Å². The Morgan fingerprint density at radius 3 is 2.52 bits per heavy atom. The van der Waals surface area contributed by atoms with Crippen LogP contribution in [-0.2, 0) is 0 Å². The highest BCUT2D eigenvalue weighted by atomic mass is 16.5. The Kier molecular flexibility index (Phi) is 4.17. The number of allylic oxidation sites excluding steroid dienone is 1. The van der Waals surface area contributed by atoms with E-state index in [-0.39, 0.29) is 6.04 Å². The average Bonchev–Trinajstić information content (AvgIpc) is 3.58. The minimum atomic E-state index is 0.127. The number of ether oxygens (including phenoxy) is 1. The second kappa shape index (κ2) is 7.05. The number of fused-ring (bicyclic) bond motifs is 2. The topological polar surface area (TPSA) is 28.3 Å². The molecule has 31 heavy (non-hydrogen) atoms. The summed E-state index contributed by atoms with van der Waals surface area (Å²) in [7, 11) is 1.72. The number of benzene rings is 3. The third-order valence-electron chi connectivity index (χ3n) is 6.65. The number of methoxy groups -OCH3 is 1. The van der Waals surface area contributed by atoms with Gasteiger partial charge in [-0.15, -0.1) is 0 Å². The lowest BCUT2D eigenvalue weighted by atomic mass is 9.87. The Balaban J connectivity index is 1.59. The summed E-state index contributed by atoms with van der Waals surface area (Å²) in [5, 5.41) is 1.25. The van der Waals surface area contributed by atoms with Crippen LogP contribution in [-0.4, -0.2) is 12.1 Å². The molecule has 3 heteroatoms. The molecule has 3 nitrogen and oxygen atoms in total. The first kappa shape index (κ1) is 18.3. The van der Waals surface area contributed by atoms with Gasteiger partial charge in [0.2, 0.25) is 0 Å². The van der Waals surface area contributed by atoms with Crippen molar-refractivity contribution in [2.75, 3.05) is 12.0 Å². The van der Waals surface area contributed by atoms with Gasteiger partial charge >= 0.3 is 0 Å². The number of nitrogens with zero attached hydrogens (tertiary/aromatic N) is 1. The van der Waals surface area contributed by atoms with Crippen molar-refractivity contribution >= 4 is 22.7 Å². The van der Waals surface area contributed by atoms with Crippen LogP contribution in [0.4, 0.5) is 5.69 Å². The molecule has 6 rings (SSSR count). The smallest absolute Gasteiger partial charge is 0.120 e. The number of anilines is 1. The van der Waals surface area contributed by atoms with E-state index in [9.17, 15) is 0 Å². The van der Waals surface area contributed by atoms with Gasteiger partial charge in [-0.25, -0.2) is 0 Å². The fraction of sp³-hybridized carbons (Fsp3) is 0.214. The largest absolute Gasteiger partial charge is 0.497 e. The number of hydrogen-bond donors (Lipinski definition) is 1. The Hall–Kier alpha value is -3.46. The van der Waals surface area contributed by atoms with Crippen LogP contribution in [0, 0.1) is 12.8 Å². The number of nitrogens with one attached hydrogen (secondary N) is 1. The second-order valence-electron chi connectivity index (χ2n) is 8.74. The predicted octanol–water partition coefficient (Wildman–Crippen LogP) is 6.85. The molecule has 2 heterocycles. The van der Waals surface area contributed by atoms with Gasteiger partial charge in [0.25, 0.3) is 0 Å². The molecule has 1 N–H and O–H groups in total. The Morgan fingerprint density at radius 1 is 0.935 bits per heavy atom. The molecular formula is C28H26N2O. The number of rotatable bonds is 4. The van der Waals surface area contributed by atoms with E-state index in [0.717, 1.165) is 11.3 Å². The zero-order valence-corrected chi connectivity index (χ0v) is 17.9. The van der Waals surface area contributed by atoms with E-state index >= 15 is 0 Å². The normalized spacial score (nSPS) is 18.1. The molecular weight excluding hydrogens is 380 g/mol. The summed E-state index contributed by atoms with van der Waals surface area (Å²) in [5.41, 5.74) is 9.08. The molecule has 0 radical (unpaired) electrons. The maximum absolute atomic E-state index is 5.45. The first-order valence-corrected chi connectivity index (χ1v) is 11.0. The molecule has 1 aliphatic heterocycles. The Bertz CT molecular complexity index is 1290. The first-order chi connectivity index (χ1) is 15.2. The number of hydrogen-bond acceptors (Lipinski definition) is 2. The summed E-state index contributed by atoms with van der Waals surface area (Å²) in [6.45, 7) is 2.15. The Labute approximate surface area is 183 Å². The molecule has 0 amide bonds. The summed E-state index contributed by atoms with van der Waals surface area (Å²) >= 11 is 0. The number of aryl methyl sites for hydroxylation is 1. The van der Waals surface area contributed by atoms with E-state index < -0.39 is 0 Å². The molecule has 154 valence electrons. The predicted molar refractivity (Wildman–Crippen MR) is 127 cm³/mol. The number of aromatic nitrogens is 1. The van der Waals surface area contributed by atoms with Crippen molar-refractivity contribution in [3.05, 3.63) is 101 Å². The van der Waals surface area contributed by atoms with Crippen molar-refractivity contribution in [2.24, 2.45) is 5.92 Å². The van der Waals surface area contributed by atoms with Gasteiger partial charge in [0.15, 0.2) is 0 Å². The zero-order chi connectivity index (χ0) is 20.9. The van der Waals surface area contributed by atoms with Crippen LogP contribution >= 0.6 is 0 Å². The minimum Gasteiger partial charge on any atom is -0.497 e. The van der Waals surface area contributed by atoms with Crippen molar-refractivity contribution in [2.45, 2.75) is 25.8 Å². The van der Waals surface area contributed by atoms with E-state index in [1.807, 2.05) is 0 Å². The molecule has 2 aliphatic rings. The standard InChI is InChI=1S/C28H26N2O/c1-18-7-11-21(12-8-18)30-27(19-9-10-19)15-20-5-3-4-6-23(20)28(30)25-17-29-26-16-22(31-2)13-14-24(25)26/h3-8,11-17,19,28-29H,9-10H2,1-2H3. The molecule has 3 aromatic carbocycles. The molecule has 1 fully saturated rings. The molecule has 1 atom stereocenters. The van der Waals surface area contributed by atoms with Gasteiger partial charge in [0.05, 0.1) is 13.2 Å². The molecule has 1 unspecified atom stereocenters. The maximum Gasteiger partial charge on any atom is 0.120 e. The van der Waals surface area contributed by atoms with Crippen LogP contribution < -0.4 is 9.64 Å². The lowest BCUT2D eigenvalue weighted by molar-refractivity contribution is 0.415. The molecule has 1 saturated carbocycles. The van der Waals surface area contributed by atoms with Gasteiger partial charge in [0, 0.05) is 40.1 Å². The zero-order valence-electron chi connectivity index (χ0n) is 17.9. The highest BCUT2D eigenvalue weighted by Crippen LogP contribution is 2.50. The minimum absolute atomic E-state index is 0.127. The highest BCUT2D eigenvalue weighted by molar-refractivity contribution is 5.87. The Morgan fingerprint density at radius 2 is 1.74 bits per heavy atom. The average molecular weight is 407 g/mol. The monoisotopic (exact) mass is 406 g/mol. The second-order valence-corrected chi connectivity index (χ2v) is 8.74. The van der Waals surface area contributed by atoms with Crippen molar-refractivity contribution in [1.29, 1.82) is 0 Å². The quantitative estimate of drug-likeness (QED) is 0.402. The SMILES string of the molecule is COc1ccc2c(C3c4ccccc4C=C(C4CC4)N3c3ccc(C)cc3)c[nH]c2c1. The molecule has 0 spiro atoms. The van der Waals surface area contributed by atoms with Gasteiger partial charge in [-0.1, -0.05) is 42.0 Å². The summed E-state index contributed by atoms with van der Waals surface area (Å²) in [5.74, 6) is 1.52. The maximum atomic E-state index is 5.45. The van der Waals surface area contributed by atoms with Crippen molar-refractivity contribution in [1.82, 2.24) is 4.98 Å². The summed E-state index contributed by atoms with van der Waals surface area (Å²) in [4.78, 5) is 6.08. The molecule has 1 aromatic heterocycles. The summed E-state index contributed by atoms with van der Waals surface area (Å²) in [6.07, 6.45) is 7.14. The van der Waals surface area contributed by atoms with Crippen LogP contribution in [0.25, 0.3) is 17.0 Å². The fourth-order valence-corrected chi connectivity index (χ4v) is 4.89. The van der Waals surface area contributed by atoms with Gasteiger partial charge < -0.3 is 14.6 Å². The van der Waals surface area contributed by atoms with E-state index in [4.69, 9.17) is 4.74 Å². The third-order valence-corrected chi connectivity index (χ3v) is 6.65. The van der Waals surface area contributed by atoms with E-state index in [1.54, 1.807) is 7.11 Å². The molecule has 1 aliphatic carbocycles. The van der Waals surface area contributed by atoms with Gasteiger partial charge in [-0.3, -0.25) is 0 Å². The van der Waals surface area contributed by atoms with Crippen LogP contribution in [0.15, 0.2) is 78.6 Å². The van der Waals surface area contributed by atoms with Crippen molar-refractivity contribution in [3.8, 4) is 5.75 Å². The summed E-state index contributed by atoms with van der Waals surface area (Å²) in [6, 6.07) is 24.3. The number of aromatic amines is 1. The molecule has 4 aromatic rings. The number of H-pyrrole nitrogens is 1. The highest BCUT2D eigenvalue weighted by Gasteiger charge is 2.38. The van der Waals surface area contributed by atoms with Crippen molar-refractivity contribution in [3.63, 3.8) is 0 Å². The van der Waals surface area contributed by atoms with Crippen LogP contribution in [0.5, 0.6) is 5.75 Å². The van der Waals surface area contributed by atoms with Crippen LogP contribution in [0.2, 0.25) is 0 Å². The van der Waals surface area contributed by atoms with Gasteiger partial charge in [-0.05, 0) is 67.2 Å². The third kappa shape index (κ3) is 3.04. The van der Waals surface area contributed by atoms with Crippen LogP contribution in [0.1, 0.15) is 41.1 Å². The lowest BCUT2D eigenvalue weighted by Crippen LogP contribution is -2.32. The fourth-order valence-electron chi connectivity index (χ4n) is 4.89. The lowest BCUT2D eigenvalue weighted by Gasteiger charge is -2.40. The van der Waals surface area contributed by atoms with Gasteiger partial charge in [0.1, 0.15) is 5.75 Å². The first-order valence-electron chi connectivity index (χ1n) is 11.0. The van der Waals surface area contributed by atoms with E-state index in [1.165, 1.54) is 51.9 Å².